The van der Waals surface area contributed by atoms with Gasteiger partial charge in [-0.2, -0.15) is 5.26 Å². The minimum Gasteiger partial charge on any atom is -0.508 e. The highest BCUT2D eigenvalue weighted by atomic mass is 79.9. The average Bonchev–Trinajstić information content (AvgIpc) is 2.56. The number of thiocyanates is 1. The largest absolute Gasteiger partial charge is 0.508 e. The molecule has 0 aliphatic carbocycles. The number of phenols is 1. The molecule has 0 fully saturated rings. The van der Waals surface area contributed by atoms with Crippen molar-refractivity contribution in [2.24, 2.45) is 0 Å². The van der Waals surface area contributed by atoms with Gasteiger partial charge in [0, 0.05) is 9.37 Å². The Labute approximate surface area is 150 Å². The summed E-state index contributed by atoms with van der Waals surface area (Å²) in [5.74, 6) is -1.12. The molecular weight excluding hydrogens is 396 g/mol. The van der Waals surface area contributed by atoms with Gasteiger partial charge in [-0.3, -0.25) is 4.79 Å². The monoisotopic (exact) mass is 406 g/mol. The zero-order chi connectivity index (χ0) is 17.5. The number of esters is 1. The minimum atomic E-state index is -0.662. The normalized spacial score (nSPS) is 9.83. The molecule has 0 unspecified atom stereocenters. The topological polar surface area (TPSA) is 99.4 Å². The van der Waals surface area contributed by atoms with Crippen molar-refractivity contribution in [1.82, 2.24) is 0 Å². The van der Waals surface area contributed by atoms with Crippen molar-refractivity contribution in [3.8, 4) is 11.2 Å². The first-order chi connectivity index (χ1) is 11.5. The van der Waals surface area contributed by atoms with E-state index in [1.807, 2.05) is 5.40 Å². The molecule has 1 amide bonds. The van der Waals surface area contributed by atoms with E-state index in [0.717, 1.165) is 16.7 Å². The first-order valence-corrected chi connectivity index (χ1v) is 8.22. The second-order valence-corrected chi connectivity index (χ2v) is 6.22. The van der Waals surface area contributed by atoms with Crippen molar-refractivity contribution in [3.63, 3.8) is 0 Å². The molecule has 2 aromatic carbocycles. The van der Waals surface area contributed by atoms with E-state index in [9.17, 15) is 9.59 Å². The van der Waals surface area contributed by atoms with E-state index in [0.29, 0.717) is 10.2 Å². The third kappa shape index (κ3) is 5.01. The number of hydrogen-bond acceptors (Lipinski definition) is 6. The summed E-state index contributed by atoms with van der Waals surface area (Å²) in [6.07, 6.45) is 0. The van der Waals surface area contributed by atoms with E-state index < -0.39 is 18.5 Å². The molecule has 0 bridgehead atoms. The van der Waals surface area contributed by atoms with Crippen LogP contribution in [0.1, 0.15) is 10.4 Å². The van der Waals surface area contributed by atoms with Crippen LogP contribution in [0.2, 0.25) is 0 Å². The fraction of sp³-hybridized carbons (Fsp3) is 0.0625. The van der Waals surface area contributed by atoms with Crippen LogP contribution < -0.4 is 5.32 Å². The van der Waals surface area contributed by atoms with Gasteiger partial charge in [-0.05, 0) is 70.2 Å². The predicted octanol–water partition coefficient (Wildman–Crippen LogP) is 3.52. The highest BCUT2D eigenvalue weighted by molar-refractivity contribution is 9.10. The number of nitriles is 1. The number of aromatic hydroxyl groups is 1. The first kappa shape index (κ1) is 17.8. The van der Waals surface area contributed by atoms with Crippen LogP contribution in [0.25, 0.3) is 0 Å². The standard InChI is InChI=1S/C16H11BrN2O4S/c17-13-7-12(24-9-18)5-6-14(13)19-15(21)8-23-16(22)10-1-3-11(20)4-2-10/h1-7,20H,8H2,(H,19,21). The summed E-state index contributed by atoms with van der Waals surface area (Å²) < 4.78 is 5.52. The Morgan fingerprint density at radius 2 is 1.96 bits per heavy atom. The third-order valence-electron chi connectivity index (χ3n) is 2.82. The molecule has 2 aromatic rings. The first-order valence-electron chi connectivity index (χ1n) is 6.61. The number of carbonyl (C=O) groups is 2. The molecule has 2 rings (SSSR count). The van der Waals surface area contributed by atoms with Crippen LogP contribution >= 0.6 is 27.7 Å². The molecule has 24 heavy (non-hydrogen) atoms. The molecule has 6 nitrogen and oxygen atoms in total. The number of amides is 1. The van der Waals surface area contributed by atoms with Crippen molar-refractivity contribution in [2.45, 2.75) is 4.90 Å². The maximum atomic E-state index is 11.9. The zero-order valence-corrected chi connectivity index (χ0v) is 14.6. The van der Waals surface area contributed by atoms with E-state index in [2.05, 4.69) is 21.2 Å². The molecular formula is C16H11BrN2O4S. The van der Waals surface area contributed by atoms with Crippen molar-refractivity contribution in [3.05, 3.63) is 52.5 Å². The Morgan fingerprint density at radius 1 is 1.25 bits per heavy atom. The molecule has 0 aliphatic heterocycles. The van der Waals surface area contributed by atoms with E-state index in [4.69, 9.17) is 15.1 Å². The van der Waals surface area contributed by atoms with Gasteiger partial charge >= 0.3 is 5.97 Å². The summed E-state index contributed by atoms with van der Waals surface area (Å²) >= 11 is 4.31. The lowest BCUT2D eigenvalue weighted by Crippen LogP contribution is -2.21. The van der Waals surface area contributed by atoms with E-state index in [1.165, 1.54) is 24.3 Å². The lowest BCUT2D eigenvalue weighted by Gasteiger charge is -2.09. The molecule has 122 valence electrons. The summed E-state index contributed by atoms with van der Waals surface area (Å²) in [6.45, 7) is -0.444. The minimum absolute atomic E-state index is 0.0344. The fourth-order valence-corrected chi connectivity index (χ4v) is 2.76. The molecule has 0 saturated carbocycles. The molecule has 0 aliphatic rings. The Kier molecular flexibility index (Phi) is 6.23. The number of anilines is 1. The van der Waals surface area contributed by atoms with Crippen LogP contribution in [0.15, 0.2) is 51.8 Å². The summed E-state index contributed by atoms with van der Waals surface area (Å²) in [5.41, 5.74) is 0.739. The Bertz CT molecular complexity index is 803. The Balaban J connectivity index is 1.90. The number of phenolic OH excluding ortho intramolecular Hbond substituents is 1. The lowest BCUT2D eigenvalue weighted by molar-refractivity contribution is -0.119. The summed E-state index contributed by atoms with van der Waals surface area (Å²) in [7, 11) is 0. The van der Waals surface area contributed by atoms with Gasteiger partial charge in [-0.25, -0.2) is 4.79 Å². The molecule has 0 aromatic heterocycles. The lowest BCUT2D eigenvalue weighted by atomic mass is 10.2. The highest BCUT2D eigenvalue weighted by Gasteiger charge is 2.11. The summed E-state index contributed by atoms with van der Waals surface area (Å²) in [4.78, 5) is 24.4. The zero-order valence-electron chi connectivity index (χ0n) is 12.2. The molecule has 2 N–H and O–H groups in total. The van der Waals surface area contributed by atoms with Crippen molar-refractivity contribution in [2.75, 3.05) is 11.9 Å². The third-order valence-corrected chi connectivity index (χ3v) is 4.05. The van der Waals surface area contributed by atoms with Gasteiger partial charge < -0.3 is 15.2 Å². The van der Waals surface area contributed by atoms with E-state index >= 15 is 0 Å². The van der Waals surface area contributed by atoms with Crippen LogP contribution in [0.5, 0.6) is 5.75 Å². The number of benzene rings is 2. The van der Waals surface area contributed by atoms with Gasteiger partial charge in [0.25, 0.3) is 5.91 Å². The van der Waals surface area contributed by atoms with Crippen molar-refractivity contribution >= 4 is 45.3 Å². The average molecular weight is 407 g/mol. The van der Waals surface area contributed by atoms with Gasteiger partial charge in [0.05, 0.1) is 11.3 Å². The molecule has 0 radical (unpaired) electrons. The van der Waals surface area contributed by atoms with Crippen molar-refractivity contribution < 1.29 is 19.4 Å². The second kappa shape index (κ2) is 8.38. The molecule has 0 atom stereocenters. The molecule has 0 spiro atoms. The number of carbonyl (C=O) groups excluding carboxylic acids is 2. The van der Waals surface area contributed by atoms with Gasteiger partial charge in [0.1, 0.15) is 11.2 Å². The highest BCUT2D eigenvalue weighted by Crippen LogP contribution is 2.28. The summed E-state index contributed by atoms with van der Waals surface area (Å²) in [5, 5.41) is 22.3. The quantitative estimate of drug-likeness (QED) is 0.447. The predicted molar refractivity (Wildman–Crippen MR) is 92.6 cm³/mol. The van der Waals surface area contributed by atoms with Gasteiger partial charge in [0.2, 0.25) is 0 Å². The number of ether oxygens (including phenoxy) is 1. The number of thioether (sulfide) groups is 1. The van der Waals surface area contributed by atoms with Crippen LogP contribution in [-0.2, 0) is 9.53 Å². The second-order valence-electron chi connectivity index (χ2n) is 4.51. The molecule has 8 heteroatoms. The van der Waals surface area contributed by atoms with Crippen LogP contribution in [0, 0.1) is 10.7 Å². The Hall–Kier alpha value is -2.50. The number of hydrogen-bond donors (Lipinski definition) is 2. The smallest absolute Gasteiger partial charge is 0.338 e. The number of nitrogens with one attached hydrogen (secondary N) is 1. The Morgan fingerprint density at radius 3 is 2.58 bits per heavy atom. The fourth-order valence-electron chi connectivity index (χ4n) is 1.71. The van der Waals surface area contributed by atoms with E-state index in [-0.39, 0.29) is 11.3 Å². The number of rotatable bonds is 5. The van der Waals surface area contributed by atoms with E-state index in [1.54, 1.807) is 18.2 Å². The van der Waals surface area contributed by atoms with Crippen molar-refractivity contribution in [1.29, 1.82) is 5.26 Å². The van der Waals surface area contributed by atoms with Crippen LogP contribution in [-0.4, -0.2) is 23.6 Å². The SMILES string of the molecule is N#CSc1ccc(NC(=O)COC(=O)c2ccc(O)cc2)c(Br)c1. The molecule has 0 heterocycles. The summed E-state index contributed by atoms with van der Waals surface area (Å²) in [6, 6.07) is 10.5. The maximum absolute atomic E-state index is 11.9. The number of halogens is 1. The molecule has 0 saturated heterocycles. The van der Waals surface area contributed by atoms with Crippen LogP contribution in [0.4, 0.5) is 5.69 Å². The number of nitrogens with zero attached hydrogens (tertiary/aromatic N) is 1. The van der Waals surface area contributed by atoms with Gasteiger partial charge in [-0.1, -0.05) is 0 Å². The van der Waals surface area contributed by atoms with Gasteiger partial charge in [0.15, 0.2) is 6.61 Å². The maximum Gasteiger partial charge on any atom is 0.338 e. The van der Waals surface area contributed by atoms with Crippen LogP contribution in [0.3, 0.4) is 0 Å². The van der Waals surface area contributed by atoms with Gasteiger partial charge in [-0.15, -0.1) is 0 Å².